The first-order chi connectivity index (χ1) is 17.7. The SMILES string of the molecule is COC(=O)c1sccc1S(=O)(=O)N(CC#N)C[C@H]1CCC2=Cc3c(cnn3-c3ccc(F)cc3)C[C@@]21C. The Morgan fingerprint density at radius 3 is 2.81 bits per heavy atom. The molecule has 8 nitrogen and oxygen atoms in total. The molecule has 1 saturated carbocycles. The number of carbonyl (C=O) groups is 1. The fourth-order valence-corrected chi connectivity index (χ4v) is 8.16. The largest absolute Gasteiger partial charge is 0.465 e. The van der Waals surface area contributed by atoms with E-state index in [0.717, 1.165) is 41.1 Å². The second-order valence-electron chi connectivity index (χ2n) is 9.50. The van der Waals surface area contributed by atoms with Gasteiger partial charge in [-0.15, -0.1) is 11.3 Å². The molecule has 37 heavy (non-hydrogen) atoms. The van der Waals surface area contributed by atoms with Gasteiger partial charge in [0.2, 0.25) is 10.0 Å². The van der Waals surface area contributed by atoms with Crippen molar-refractivity contribution in [2.75, 3.05) is 20.2 Å². The van der Waals surface area contributed by atoms with E-state index in [1.165, 1.54) is 40.6 Å². The minimum Gasteiger partial charge on any atom is -0.465 e. The molecule has 1 aromatic carbocycles. The summed E-state index contributed by atoms with van der Waals surface area (Å²) in [6, 6.07) is 9.53. The van der Waals surface area contributed by atoms with E-state index >= 15 is 0 Å². The van der Waals surface area contributed by atoms with E-state index in [-0.39, 0.29) is 40.0 Å². The quantitative estimate of drug-likeness (QED) is 0.324. The van der Waals surface area contributed by atoms with E-state index in [0.29, 0.717) is 6.42 Å². The van der Waals surface area contributed by atoms with Gasteiger partial charge in [-0.1, -0.05) is 12.5 Å². The van der Waals surface area contributed by atoms with Gasteiger partial charge in [0.1, 0.15) is 22.1 Å². The first-order valence-electron chi connectivity index (χ1n) is 11.8. The second-order valence-corrected chi connectivity index (χ2v) is 12.3. The van der Waals surface area contributed by atoms with E-state index in [4.69, 9.17) is 4.74 Å². The maximum Gasteiger partial charge on any atom is 0.349 e. The highest BCUT2D eigenvalue weighted by Gasteiger charge is 2.47. The van der Waals surface area contributed by atoms with Crippen molar-refractivity contribution in [1.29, 1.82) is 5.26 Å². The van der Waals surface area contributed by atoms with E-state index in [1.54, 1.807) is 16.8 Å². The number of allylic oxidation sites excluding steroid dienone is 1. The highest BCUT2D eigenvalue weighted by atomic mass is 32.2. The summed E-state index contributed by atoms with van der Waals surface area (Å²) in [6.45, 7) is 1.97. The third kappa shape index (κ3) is 4.29. The van der Waals surface area contributed by atoms with E-state index in [9.17, 15) is 22.9 Å². The zero-order valence-electron chi connectivity index (χ0n) is 20.3. The number of fused-ring (bicyclic) bond motifs is 2. The number of nitrogens with zero attached hydrogens (tertiary/aromatic N) is 4. The molecule has 0 bridgehead atoms. The Morgan fingerprint density at radius 2 is 2.11 bits per heavy atom. The van der Waals surface area contributed by atoms with Crippen LogP contribution < -0.4 is 0 Å². The van der Waals surface area contributed by atoms with Crippen molar-refractivity contribution in [2.24, 2.45) is 11.3 Å². The minimum absolute atomic E-state index is 0.000765. The fraction of sp³-hybridized carbons (Fsp3) is 0.346. The number of halogens is 1. The zero-order chi connectivity index (χ0) is 26.4. The van der Waals surface area contributed by atoms with Gasteiger partial charge in [0.25, 0.3) is 0 Å². The predicted molar refractivity (Wildman–Crippen MR) is 136 cm³/mol. The Balaban J connectivity index is 1.44. The fourth-order valence-electron chi connectivity index (χ4n) is 5.47. The molecule has 5 rings (SSSR count). The number of sulfonamides is 1. The van der Waals surface area contributed by atoms with Crippen LogP contribution in [-0.4, -0.2) is 48.7 Å². The van der Waals surface area contributed by atoms with Gasteiger partial charge in [-0.05, 0) is 77.9 Å². The number of benzene rings is 1. The van der Waals surface area contributed by atoms with Crippen LogP contribution in [0.2, 0.25) is 0 Å². The van der Waals surface area contributed by atoms with Crippen LogP contribution in [0.4, 0.5) is 4.39 Å². The summed E-state index contributed by atoms with van der Waals surface area (Å²) in [5, 5.41) is 15.5. The molecular weight excluding hydrogens is 515 g/mol. The van der Waals surface area contributed by atoms with Gasteiger partial charge in [-0.2, -0.15) is 14.7 Å². The molecule has 2 heterocycles. The van der Waals surface area contributed by atoms with Crippen LogP contribution in [0.1, 0.15) is 40.7 Å². The van der Waals surface area contributed by atoms with Crippen LogP contribution in [0.25, 0.3) is 11.8 Å². The average molecular weight is 541 g/mol. The third-order valence-electron chi connectivity index (χ3n) is 7.51. The van der Waals surface area contributed by atoms with Gasteiger partial charge in [0, 0.05) is 6.54 Å². The molecule has 2 aromatic heterocycles. The van der Waals surface area contributed by atoms with Crippen molar-refractivity contribution in [1.82, 2.24) is 14.1 Å². The van der Waals surface area contributed by atoms with Crippen LogP contribution in [0.3, 0.4) is 0 Å². The van der Waals surface area contributed by atoms with Crippen molar-refractivity contribution in [2.45, 2.75) is 31.1 Å². The van der Waals surface area contributed by atoms with Gasteiger partial charge in [0.15, 0.2) is 0 Å². The normalized spacial score (nSPS) is 20.7. The summed E-state index contributed by atoms with van der Waals surface area (Å²) in [4.78, 5) is 12.0. The Kier molecular flexibility index (Phi) is 6.52. The molecule has 0 N–H and O–H groups in total. The number of ether oxygens (including phenoxy) is 1. The summed E-state index contributed by atoms with van der Waals surface area (Å²) >= 11 is 0.996. The number of methoxy groups -OCH3 is 1. The number of rotatable bonds is 7. The molecule has 0 amide bonds. The molecule has 2 aliphatic rings. The number of nitriles is 1. The van der Waals surface area contributed by atoms with E-state index in [2.05, 4.69) is 18.1 Å². The van der Waals surface area contributed by atoms with E-state index in [1.807, 2.05) is 12.3 Å². The standard InChI is InChI=1S/C26H25FN4O4S2/c1-26-14-17-15-29-31(21-7-5-20(27)6-8-21)22(17)13-18(26)3-4-19(26)16-30(11-10-28)37(33,34)23-9-12-36-24(23)25(32)35-2/h5-9,12-13,15,19H,3-4,11,14,16H2,1-2H3/t19-,26+/m1/s1. The second kappa shape index (κ2) is 9.52. The lowest BCUT2D eigenvalue weighted by molar-refractivity contribution is 0.0602. The molecule has 2 aliphatic carbocycles. The molecule has 2 atom stereocenters. The summed E-state index contributed by atoms with van der Waals surface area (Å²) in [6.07, 6.45) is 6.16. The minimum atomic E-state index is -4.10. The van der Waals surface area contributed by atoms with Crippen molar-refractivity contribution < 1.29 is 22.3 Å². The smallest absolute Gasteiger partial charge is 0.349 e. The Morgan fingerprint density at radius 1 is 1.35 bits per heavy atom. The topological polar surface area (TPSA) is 105 Å². The summed E-state index contributed by atoms with van der Waals surface area (Å²) in [5.74, 6) is -1.07. The number of thiophene rings is 1. The lowest BCUT2D eigenvalue weighted by atomic mass is 9.70. The third-order valence-corrected chi connectivity index (χ3v) is 10.4. The number of esters is 1. The van der Waals surface area contributed by atoms with Gasteiger partial charge in [-0.25, -0.2) is 22.3 Å². The molecule has 0 unspecified atom stereocenters. The summed E-state index contributed by atoms with van der Waals surface area (Å²) in [7, 11) is -2.90. The summed E-state index contributed by atoms with van der Waals surface area (Å²) in [5.41, 5.74) is 3.63. The van der Waals surface area contributed by atoms with Gasteiger partial charge >= 0.3 is 5.97 Å². The molecule has 1 fully saturated rings. The van der Waals surface area contributed by atoms with Crippen molar-refractivity contribution >= 4 is 33.4 Å². The first kappa shape index (κ1) is 25.3. The number of hydrogen-bond donors (Lipinski definition) is 0. The van der Waals surface area contributed by atoms with Crippen LogP contribution >= 0.6 is 11.3 Å². The van der Waals surface area contributed by atoms with Gasteiger partial charge in [-0.3, -0.25) is 0 Å². The Labute approximate surface area is 218 Å². The summed E-state index contributed by atoms with van der Waals surface area (Å²) < 4.78 is 48.3. The highest BCUT2D eigenvalue weighted by Crippen LogP contribution is 2.53. The van der Waals surface area contributed by atoms with Gasteiger partial charge < -0.3 is 4.74 Å². The van der Waals surface area contributed by atoms with Crippen LogP contribution in [0.15, 0.2) is 52.4 Å². The lowest BCUT2D eigenvalue weighted by Gasteiger charge is -2.37. The average Bonchev–Trinajstić information content (AvgIpc) is 3.60. The lowest BCUT2D eigenvalue weighted by Crippen LogP contribution is -2.41. The number of aromatic nitrogens is 2. The maximum atomic E-state index is 13.6. The number of hydrogen-bond acceptors (Lipinski definition) is 7. The monoisotopic (exact) mass is 540 g/mol. The Hall–Kier alpha value is -3.33. The van der Waals surface area contributed by atoms with Crippen LogP contribution in [-0.2, 0) is 21.2 Å². The Bertz CT molecular complexity index is 1530. The van der Waals surface area contributed by atoms with Crippen molar-refractivity contribution in [3.63, 3.8) is 0 Å². The number of carbonyl (C=O) groups excluding carboxylic acids is 1. The van der Waals surface area contributed by atoms with Gasteiger partial charge in [0.05, 0.1) is 30.8 Å². The molecule has 0 saturated heterocycles. The molecular formula is C26H25FN4O4S2. The zero-order valence-corrected chi connectivity index (χ0v) is 22.0. The maximum absolute atomic E-state index is 13.6. The highest BCUT2D eigenvalue weighted by molar-refractivity contribution is 7.89. The van der Waals surface area contributed by atoms with E-state index < -0.39 is 16.0 Å². The molecule has 192 valence electrons. The van der Waals surface area contributed by atoms with Crippen molar-refractivity contribution in [3.8, 4) is 11.8 Å². The first-order valence-corrected chi connectivity index (χ1v) is 14.1. The predicted octanol–water partition coefficient (Wildman–Crippen LogP) is 4.43. The molecule has 11 heteroatoms. The molecule has 3 aromatic rings. The van der Waals surface area contributed by atoms with Crippen LogP contribution in [0, 0.1) is 28.5 Å². The molecule has 0 spiro atoms. The van der Waals surface area contributed by atoms with Crippen LogP contribution in [0.5, 0.6) is 0 Å². The van der Waals surface area contributed by atoms with Crippen molar-refractivity contribution in [3.05, 3.63) is 69.4 Å². The molecule has 0 radical (unpaired) electrons. The molecule has 0 aliphatic heterocycles.